The summed E-state index contributed by atoms with van der Waals surface area (Å²) in [5.74, 6) is -0.175. The van der Waals surface area contributed by atoms with Crippen molar-refractivity contribution in [2.45, 2.75) is 38.9 Å². The van der Waals surface area contributed by atoms with E-state index in [-0.39, 0.29) is 48.2 Å². The van der Waals surface area contributed by atoms with Crippen molar-refractivity contribution in [1.29, 1.82) is 0 Å². The summed E-state index contributed by atoms with van der Waals surface area (Å²) in [6.07, 6.45) is 4.93. The molecule has 37 heavy (non-hydrogen) atoms. The zero-order valence-electron chi connectivity index (χ0n) is 20.6. The van der Waals surface area contributed by atoms with Gasteiger partial charge >= 0.3 is 0 Å². The number of benzene rings is 1. The number of carbonyl (C=O) groups excluding carboxylic acids is 2. The van der Waals surface area contributed by atoms with Gasteiger partial charge in [-0.05, 0) is 18.6 Å². The molecule has 0 spiro atoms. The summed E-state index contributed by atoms with van der Waals surface area (Å²) >= 11 is 0. The Kier molecular flexibility index (Phi) is 6.67. The van der Waals surface area contributed by atoms with Crippen molar-refractivity contribution in [3.63, 3.8) is 0 Å². The van der Waals surface area contributed by atoms with E-state index in [1.165, 1.54) is 4.57 Å². The van der Waals surface area contributed by atoms with E-state index < -0.39 is 0 Å². The molecular weight excluding hydrogens is 472 g/mol. The number of aromatic amines is 1. The van der Waals surface area contributed by atoms with Crippen LogP contribution in [0.4, 0.5) is 5.82 Å². The number of aryl methyl sites for hydroxylation is 1. The first-order chi connectivity index (χ1) is 17.9. The number of fused-ring (bicyclic) bond motifs is 1. The first-order valence-electron chi connectivity index (χ1n) is 12.1. The van der Waals surface area contributed by atoms with E-state index in [0.717, 1.165) is 16.5 Å². The molecule has 1 fully saturated rings. The third kappa shape index (κ3) is 5.20. The molecule has 1 unspecified atom stereocenters. The molecule has 3 aromatic heterocycles. The number of anilines is 1. The van der Waals surface area contributed by atoms with Crippen LogP contribution in [-0.4, -0.2) is 60.6 Å². The lowest BCUT2D eigenvalue weighted by atomic mass is 9.94. The lowest BCUT2D eigenvalue weighted by Gasteiger charge is -2.21. The van der Waals surface area contributed by atoms with Gasteiger partial charge in [-0.15, -0.1) is 0 Å². The standard InChI is InChI=1S/C26H28N8O3/c1-16-9-29-25(31-23-14-33(17(2)35)13-21(23)18-6-4-3-5-7-18)26(37)34(16)15-24(36)28-11-20-8-19-10-30-32-22(19)12-27-20/h3-10,12,21,23H,11,13-15H2,1-2H3,(H,28,36)(H,29,31)(H,30,32)/t21-,23?/m1/s1. The van der Waals surface area contributed by atoms with E-state index in [1.807, 2.05) is 36.4 Å². The molecular formula is C26H28N8O3. The van der Waals surface area contributed by atoms with Crippen LogP contribution in [0.25, 0.3) is 10.9 Å². The van der Waals surface area contributed by atoms with Crippen LogP contribution in [0.2, 0.25) is 0 Å². The molecule has 11 heteroatoms. The number of pyridine rings is 1. The van der Waals surface area contributed by atoms with Crippen molar-refractivity contribution in [2.75, 3.05) is 18.4 Å². The maximum absolute atomic E-state index is 13.3. The number of likely N-dealkylation sites (tertiary alicyclic amines) is 1. The molecule has 0 aliphatic carbocycles. The molecule has 0 saturated carbocycles. The van der Waals surface area contributed by atoms with E-state index in [4.69, 9.17) is 0 Å². The number of hydrogen-bond acceptors (Lipinski definition) is 7. The van der Waals surface area contributed by atoms with Crippen LogP contribution in [0.3, 0.4) is 0 Å². The van der Waals surface area contributed by atoms with Gasteiger partial charge in [-0.3, -0.25) is 29.0 Å². The Morgan fingerprint density at radius 2 is 1.92 bits per heavy atom. The Hall–Kier alpha value is -4.54. The van der Waals surface area contributed by atoms with Gasteiger partial charge in [0.15, 0.2) is 5.82 Å². The summed E-state index contributed by atoms with van der Waals surface area (Å²) in [7, 11) is 0. The minimum Gasteiger partial charge on any atom is -0.360 e. The summed E-state index contributed by atoms with van der Waals surface area (Å²) in [6, 6.07) is 11.6. The quantitative estimate of drug-likeness (QED) is 0.350. The predicted octanol–water partition coefficient (Wildman–Crippen LogP) is 1.57. The summed E-state index contributed by atoms with van der Waals surface area (Å²) < 4.78 is 1.40. The van der Waals surface area contributed by atoms with E-state index in [9.17, 15) is 14.4 Å². The SMILES string of the molecule is CC(=O)N1CC(Nc2ncc(C)n(CC(=O)NCc3cc4cn[nH]c4cn3)c2=O)[C@@H](c2ccccc2)C1. The first kappa shape index (κ1) is 24.2. The predicted molar refractivity (Wildman–Crippen MR) is 138 cm³/mol. The normalized spacial score (nSPS) is 17.2. The van der Waals surface area contributed by atoms with Crippen LogP contribution >= 0.6 is 0 Å². The minimum atomic E-state index is -0.388. The van der Waals surface area contributed by atoms with Crippen molar-refractivity contribution in [3.8, 4) is 0 Å². The Balaban J connectivity index is 1.30. The van der Waals surface area contributed by atoms with Crippen molar-refractivity contribution in [2.24, 2.45) is 0 Å². The third-order valence-electron chi connectivity index (χ3n) is 6.72. The summed E-state index contributed by atoms with van der Waals surface area (Å²) in [5.41, 5.74) is 2.77. The van der Waals surface area contributed by atoms with Gasteiger partial charge in [0.25, 0.3) is 5.56 Å². The number of hydrogen-bond donors (Lipinski definition) is 3. The summed E-state index contributed by atoms with van der Waals surface area (Å²) in [6.45, 7) is 4.37. The minimum absolute atomic E-state index is 0.00409. The topological polar surface area (TPSA) is 138 Å². The average molecular weight is 501 g/mol. The van der Waals surface area contributed by atoms with Crippen molar-refractivity contribution in [3.05, 3.63) is 82.3 Å². The van der Waals surface area contributed by atoms with Gasteiger partial charge in [0, 0.05) is 43.2 Å². The molecule has 3 N–H and O–H groups in total. The highest BCUT2D eigenvalue weighted by molar-refractivity contribution is 5.78. The van der Waals surface area contributed by atoms with Gasteiger partial charge in [-0.25, -0.2) is 4.98 Å². The van der Waals surface area contributed by atoms with Gasteiger partial charge in [0.05, 0.1) is 36.2 Å². The molecule has 190 valence electrons. The second-order valence-corrected chi connectivity index (χ2v) is 9.24. The van der Waals surface area contributed by atoms with Crippen LogP contribution in [0.1, 0.15) is 29.8 Å². The maximum atomic E-state index is 13.3. The molecule has 2 atom stereocenters. The second-order valence-electron chi connectivity index (χ2n) is 9.24. The molecule has 0 bridgehead atoms. The maximum Gasteiger partial charge on any atom is 0.293 e. The molecule has 0 radical (unpaired) electrons. The fourth-order valence-corrected chi connectivity index (χ4v) is 4.66. The zero-order chi connectivity index (χ0) is 25.9. The van der Waals surface area contributed by atoms with Crippen LogP contribution < -0.4 is 16.2 Å². The number of aromatic nitrogens is 5. The van der Waals surface area contributed by atoms with Crippen LogP contribution in [0, 0.1) is 6.92 Å². The molecule has 4 heterocycles. The van der Waals surface area contributed by atoms with Gasteiger partial charge < -0.3 is 15.5 Å². The Bertz CT molecular complexity index is 1500. The Morgan fingerprint density at radius 1 is 1.11 bits per heavy atom. The molecule has 1 saturated heterocycles. The number of amides is 2. The van der Waals surface area contributed by atoms with Crippen LogP contribution in [0.15, 0.2) is 59.8 Å². The number of rotatable bonds is 7. The fraction of sp³-hybridized carbons (Fsp3) is 0.308. The Morgan fingerprint density at radius 3 is 2.70 bits per heavy atom. The second kappa shape index (κ2) is 10.2. The monoisotopic (exact) mass is 500 g/mol. The first-order valence-corrected chi connectivity index (χ1v) is 12.1. The number of H-pyrrole nitrogens is 1. The summed E-state index contributed by atoms with van der Waals surface area (Å²) in [4.78, 5) is 48.5. The molecule has 1 aliphatic rings. The third-order valence-corrected chi connectivity index (χ3v) is 6.72. The van der Waals surface area contributed by atoms with Gasteiger partial charge in [-0.1, -0.05) is 30.3 Å². The number of carbonyl (C=O) groups is 2. The molecule has 5 rings (SSSR count). The zero-order valence-corrected chi connectivity index (χ0v) is 20.6. The molecule has 11 nitrogen and oxygen atoms in total. The number of nitrogens with zero attached hydrogens (tertiary/aromatic N) is 5. The summed E-state index contributed by atoms with van der Waals surface area (Å²) in [5, 5.41) is 13.8. The highest BCUT2D eigenvalue weighted by atomic mass is 16.2. The van der Waals surface area contributed by atoms with Gasteiger partial charge in [0.2, 0.25) is 11.8 Å². The molecule has 1 aromatic carbocycles. The van der Waals surface area contributed by atoms with E-state index in [0.29, 0.717) is 24.5 Å². The highest BCUT2D eigenvalue weighted by Crippen LogP contribution is 2.29. The van der Waals surface area contributed by atoms with E-state index >= 15 is 0 Å². The number of nitrogens with one attached hydrogen (secondary N) is 3. The van der Waals surface area contributed by atoms with Gasteiger partial charge in [-0.2, -0.15) is 5.10 Å². The van der Waals surface area contributed by atoms with Crippen LogP contribution in [0.5, 0.6) is 0 Å². The van der Waals surface area contributed by atoms with E-state index in [1.54, 1.807) is 37.3 Å². The van der Waals surface area contributed by atoms with Crippen molar-refractivity contribution in [1.82, 2.24) is 34.9 Å². The average Bonchev–Trinajstić information content (AvgIpc) is 3.54. The van der Waals surface area contributed by atoms with Crippen molar-refractivity contribution >= 4 is 28.5 Å². The fourth-order valence-electron chi connectivity index (χ4n) is 4.66. The van der Waals surface area contributed by atoms with Gasteiger partial charge in [0.1, 0.15) is 6.54 Å². The van der Waals surface area contributed by atoms with Crippen LogP contribution in [-0.2, 0) is 22.7 Å². The Labute approximate surface area is 212 Å². The lowest BCUT2D eigenvalue weighted by Crippen LogP contribution is -2.37. The smallest absolute Gasteiger partial charge is 0.293 e. The molecule has 4 aromatic rings. The highest BCUT2D eigenvalue weighted by Gasteiger charge is 2.35. The lowest BCUT2D eigenvalue weighted by molar-refractivity contribution is -0.127. The van der Waals surface area contributed by atoms with E-state index in [2.05, 4.69) is 30.8 Å². The largest absolute Gasteiger partial charge is 0.360 e. The molecule has 1 aliphatic heterocycles. The molecule has 2 amide bonds. The van der Waals surface area contributed by atoms with Crippen molar-refractivity contribution < 1.29 is 9.59 Å².